The third-order valence-electron chi connectivity index (χ3n) is 5.69. The molecular formula is C22H25F5N10. The topological polar surface area (TPSA) is 112 Å². The van der Waals surface area contributed by atoms with E-state index in [1.165, 1.54) is 18.3 Å². The molecule has 2 N–H and O–H groups in total. The van der Waals surface area contributed by atoms with Gasteiger partial charge in [-0.25, -0.2) is 14.6 Å². The molecule has 0 radical (unpaired) electrons. The lowest BCUT2D eigenvalue weighted by atomic mass is 10.1. The van der Waals surface area contributed by atoms with Crippen LogP contribution in [0, 0.1) is 0 Å². The average molecular weight is 525 g/mol. The first-order valence-electron chi connectivity index (χ1n) is 11.5. The van der Waals surface area contributed by atoms with Crippen molar-refractivity contribution in [2.24, 2.45) is 10.1 Å². The van der Waals surface area contributed by atoms with Crippen LogP contribution in [-0.2, 0) is 18.6 Å². The number of rotatable bonds is 8. The van der Waals surface area contributed by atoms with Crippen LogP contribution in [0.2, 0.25) is 0 Å². The van der Waals surface area contributed by atoms with Gasteiger partial charge in [0.25, 0.3) is 5.92 Å². The maximum atomic E-state index is 13.4. The Labute approximate surface area is 208 Å². The second-order valence-electron chi connectivity index (χ2n) is 8.52. The molecule has 0 aromatic carbocycles. The molecule has 3 aromatic heterocycles. The summed E-state index contributed by atoms with van der Waals surface area (Å²) in [6.07, 6.45) is 0.411. The molecule has 1 fully saturated rings. The summed E-state index contributed by atoms with van der Waals surface area (Å²) in [6, 6.07) is 2.61. The largest absolute Gasteiger partial charge is 0.435 e. The summed E-state index contributed by atoms with van der Waals surface area (Å²) >= 11 is 0. The van der Waals surface area contributed by atoms with Crippen molar-refractivity contribution in [2.45, 2.75) is 44.8 Å². The number of piperidine rings is 1. The van der Waals surface area contributed by atoms with Gasteiger partial charge in [0, 0.05) is 25.4 Å². The summed E-state index contributed by atoms with van der Waals surface area (Å²) < 4.78 is 67.6. The van der Waals surface area contributed by atoms with Gasteiger partial charge in [0.2, 0.25) is 0 Å². The van der Waals surface area contributed by atoms with Crippen LogP contribution in [0.4, 0.5) is 22.0 Å². The molecular weight excluding hydrogens is 499 g/mol. The van der Waals surface area contributed by atoms with Crippen molar-refractivity contribution in [1.29, 1.82) is 0 Å². The van der Waals surface area contributed by atoms with Crippen LogP contribution in [0.5, 0.6) is 0 Å². The van der Waals surface area contributed by atoms with E-state index in [-0.39, 0.29) is 35.5 Å². The number of hydrogen-bond donors (Lipinski definition) is 2. The van der Waals surface area contributed by atoms with Gasteiger partial charge in [-0.15, -0.1) is 0 Å². The fourth-order valence-corrected chi connectivity index (χ4v) is 3.79. The number of hydrogen-bond acceptors (Lipinski definition) is 7. The third-order valence-corrected chi connectivity index (χ3v) is 5.69. The zero-order valence-corrected chi connectivity index (χ0v) is 19.9. The second-order valence-corrected chi connectivity index (χ2v) is 8.52. The molecule has 4 rings (SSSR count). The van der Waals surface area contributed by atoms with E-state index in [0.29, 0.717) is 23.1 Å². The van der Waals surface area contributed by atoms with Crippen LogP contribution in [-0.4, -0.2) is 67.0 Å². The molecule has 3 aromatic rings. The van der Waals surface area contributed by atoms with E-state index in [4.69, 9.17) is 0 Å². The normalized spacial score (nSPS) is 15.7. The van der Waals surface area contributed by atoms with Crippen LogP contribution >= 0.6 is 0 Å². The molecule has 0 atom stereocenters. The summed E-state index contributed by atoms with van der Waals surface area (Å²) in [6.45, 7) is 5.97. The Bertz CT molecular complexity index is 1230. The number of H-pyrrole nitrogens is 1. The van der Waals surface area contributed by atoms with Gasteiger partial charge in [-0.2, -0.15) is 32.2 Å². The summed E-state index contributed by atoms with van der Waals surface area (Å²) in [5.41, 5.74) is -1.06. The minimum absolute atomic E-state index is 0.0719. The molecule has 1 aliphatic heterocycles. The molecule has 1 aliphatic rings. The Hall–Kier alpha value is -3.75. The standard InChI is InChI=1S/C22H25F5N10/c1-21(23,24)15-7-6-14(10-29-15)18-33-17(34-35-18)12-30-19(32-13-36-8-4-3-5-9-36)20-31-11-16(22(25,26)27)37(20)28-2/h6-7,10-11H,2-5,8-9,12-13H2,1H3,(H,30,32)(H,33,34,35). The van der Waals surface area contributed by atoms with E-state index < -0.39 is 17.8 Å². The number of likely N-dealkylation sites (tertiary alicyclic amines) is 1. The summed E-state index contributed by atoms with van der Waals surface area (Å²) in [5.74, 6) is -2.66. The van der Waals surface area contributed by atoms with Crippen molar-refractivity contribution in [3.05, 3.63) is 47.6 Å². The fourth-order valence-electron chi connectivity index (χ4n) is 3.79. The third kappa shape index (κ3) is 6.34. The number of amidine groups is 1. The lowest BCUT2D eigenvalue weighted by Crippen LogP contribution is -2.41. The molecule has 4 heterocycles. The maximum Gasteiger partial charge on any atom is 0.435 e. The molecule has 0 unspecified atom stereocenters. The van der Waals surface area contributed by atoms with E-state index in [0.717, 1.165) is 39.3 Å². The smallest absolute Gasteiger partial charge is 0.354 e. The predicted molar refractivity (Wildman–Crippen MR) is 125 cm³/mol. The van der Waals surface area contributed by atoms with Gasteiger partial charge in [-0.3, -0.25) is 20.0 Å². The highest BCUT2D eigenvalue weighted by Crippen LogP contribution is 2.30. The Balaban J connectivity index is 1.57. The van der Waals surface area contributed by atoms with Gasteiger partial charge in [0.15, 0.2) is 23.2 Å². The molecule has 1 saturated heterocycles. The number of aromatic nitrogens is 6. The van der Waals surface area contributed by atoms with Gasteiger partial charge in [0.05, 0.1) is 12.9 Å². The Morgan fingerprint density at radius 3 is 2.49 bits per heavy atom. The first-order chi connectivity index (χ1) is 17.6. The van der Waals surface area contributed by atoms with E-state index in [1.54, 1.807) is 0 Å². The van der Waals surface area contributed by atoms with Crippen LogP contribution < -0.4 is 5.32 Å². The highest BCUT2D eigenvalue weighted by Gasteiger charge is 2.37. The lowest BCUT2D eigenvalue weighted by Gasteiger charge is -2.27. The molecule has 0 bridgehead atoms. The number of nitrogens with one attached hydrogen (secondary N) is 2. The monoisotopic (exact) mass is 524 g/mol. The van der Waals surface area contributed by atoms with Crippen molar-refractivity contribution >= 4 is 12.6 Å². The molecule has 15 heteroatoms. The molecule has 0 saturated carbocycles. The number of aliphatic imine (C=N–C) groups is 1. The fraction of sp³-hybridized carbons (Fsp3) is 0.455. The molecule has 0 amide bonds. The first kappa shape index (κ1) is 26.3. The Kier molecular flexibility index (Phi) is 7.61. The SMILES string of the molecule is C=Nn1c(C(F)(F)F)cnc1C(=NCc1nc(-c2ccc(C(C)(F)F)nc2)n[nH]1)NCN1CCCCC1. The Morgan fingerprint density at radius 1 is 1.11 bits per heavy atom. The first-order valence-corrected chi connectivity index (χ1v) is 11.5. The predicted octanol–water partition coefficient (Wildman–Crippen LogP) is 3.64. The van der Waals surface area contributed by atoms with Gasteiger partial charge >= 0.3 is 6.18 Å². The van der Waals surface area contributed by atoms with Crippen LogP contribution in [0.3, 0.4) is 0 Å². The lowest BCUT2D eigenvalue weighted by molar-refractivity contribution is -0.143. The quantitative estimate of drug-likeness (QED) is 0.264. The summed E-state index contributed by atoms with van der Waals surface area (Å²) in [4.78, 5) is 18.5. The van der Waals surface area contributed by atoms with E-state index in [2.05, 4.69) is 52.2 Å². The van der Waals surface area contributed by atoms with Gasteiger partial charge < -0.3 is 5.32 Å². The van der Waals surface area contributed by atoms with E-state index in [9.17, 15) is 22.0 Å². The molecule has 10 nitrogen and oxygen atoms in total. The van der Waals surface area contributed by atoms with Crippen LogP contribution in [0.1, 0.15) is 49.2 Å². The molecule has 37 heavy (non-hydrogen) atoms. The number of aromatic amines is 1. The number of halogens is 5. The highest BCUT2D eigenvalue weighted by atomic mass is 19.4. The maximum absolute atomic E-state index is 13.4. The van der Waals surface area contributed by atoms with Gasteiger partial charge in [-0.1, -0.05) is 6.42 Å². The number of nitrogens with zero attached hydrogens (tertiary/aromatic N) is 8. The van der Waals surface area contributed by atoms with Crippen molar-refractivity contribution < 1.29 is 22.0 Å². The minimum atomic E-state index is -4.68. The van der Waals surface area contributed by atoms with Crippen molar-refractivity contribution in [2.75, 3.05) is 19.8 Å². The van der Waals surface area contributed by atoms with Crippen molar-refractivity contribution in [3.8, 4) is 11.4 Å². The molecule has 0 spiro atoms. The zero-order valence-electron chi connectivity index (χ0n) is 19.9. The summed E-state index contributed by atoms with van der Waals surface area (Å²) in [5, 5.41) is 13.3. The minimum Gasteiger partial charge on any atom is -0.354 e. The molecule has 198 valence electrons. The second kappa shape index (κ2) is 10.7. The average Bonchev–Trinajstić information content (AvgIpc) is 3.52. The number of alkyl halides is 5. The van der Waals surface area contributed by atoms with Crippen molar-refractivity contribution in [1.82, 2.24) is 40.0 Å². The zero-order chi connectivity index (χ0) is 26.6. The van der Waals surface area contributed by atoms with E-state index in [1.807, 2.05) is 0 Å². The summed E-state index contributed by atoms with van der Waals surface area (Å²) in [7, 11) is 0. The number of imidazole rings is 1. The van der Waals surface area contributed by atoms with Gasteiger partial charge in [0.1, 0.15) is 18.1 Å². The van der Waals surface area contributed by atoms with Crippen LogP contribution in [0.25, 0.3) is 11.4 Å². The van der Waals surface area contributed by atoms with E-state index >= 15 is 0 Å². The van der Waals surface area contributed by atoms with Crippen LogP contribution in [0.15, 0.2) is 34.6 Å². The number of pyridine rings is 1. The highest BCUT2D eigenvalue weighted by molar-refractivity contribution is 5.95. The Morgan fingerprint density at radius 2 is 1.86 bits per heavy atom. The van der Waals surface area contributed by atoms with Crippen molar-refractivity contribution in [3.63, 3.8) is 0 Å². The molecule has 0 aliphatic carbocycles. The van der Waals surface area contributed by atoms with Gasteiger partial charge in [-0.05, 0) is 38.1 Å².